The fourth-order valence-electron chi connectivity index (χ4n) is 1.66. The summed E-state index contributed by atoms with van der Waals surface area (Å²) in [6.07, 6.45) is 0.180. The number of aromatic hydroxyl groups is 1. The van der Waals surface area contributed by atoms with Gasteiger partial charge in [-0.1, -0.05) is 35.3 Å². The lowest BCUT2D eigenvalue weighted by atomic mass is 10.1. The van der Waals surface area contributed by atoms with Crippen molar-refractivity contribution in [2.45, 2.75) is 6.42 Å². The van der Waals surface area contributed by atoms with E-state index in [0.717, 1.165) is 5.56 Å². The minimum absolute atomic E-state index is 0.159. The van der Waals surface area contributed by atoms with E-state index in [-0.39, 0.29) is 33.8 Å². The number of halogens is 2. The summed E-state index contributed by atoms with van der Waals surface area (Å²) in [7, 11) is 0. The molecule has 0 radical (unpaired) electrons. The first-order chi connectivity index (χ1) is 9.45. The molecule has 0 atom stereocenters. The monoisotopic (exact) mass is 310 g/mol. The second-order valence-corrected chi connectivity index (χ2v) is 5.06. The molecule has 2 aromatic carbocycles. The van der Waals surface area contributed by atoms with Gasteiger partial charge < -0.3 is 16.2 Å². The van der Waals surface area contributed by atoms with Gasteiger partial charge in [-0.3, -0.25) is 4.79 Å². The van der Waals surface area contributed by atoms with Gasteiger partial charge in [-0.25, -0.2) is 0 Å². The molecule has 20 heavy (non-hydrogen) atoms. The zero-order valence-corrected chi connectivity index (χ0v) is 11.9. The molecule has 0 bridgehead atoms. The fraction of sp³-hybridized carbons (Fsp3) is 0.0714. The van der Waals surface area contributed by atoms with Crippen molar-refractivity contribution in [2.24, 2.45) is 0 Å². The average Bonchev–Trinajstić information content (AvgIpc) is 2.38. The number of phenols is 1. The van der Waals surface area contributed by atoms with Gasteiger partial charge in [0.15, 0.2) is 0 Å². The van der Waals surface area contributed by atoms with Crippen LogP contribution in [0.25, 0.3) is 0 Å². The second kappa shape index (κ2) is 6.03. The Morgan fingerprint density at radius 2 is 1.70 bits per heavy atom. The number of carbonyl (C=O) groups excluding carboxylic acids is 1. The van der Waals surface area contributed by atoms with Crippen LogP contribution in [-0.2, 0) is 11.2 Å². The number of nitrogens with two attached hydrogens (primary N) is 1. The second-order valence-electron chi connectivity index (χ2n) is 4.24. The summed E-state index contributed by atoms with van der Waals surface area (Å²) in [4.78, 5) is 11.9. The average molecular weight is 311 g/mol. The molecule has 0 unspecified atom stereocenters. The van der Waals surface area contributed by atoms with Gasteiger partial charge >= 0.3 is 0 Å². The molecular weight excluding hydrogens is 299 g/mol. The third kappa shape index (κ3) is 3.56. The van der Waals surface area contributed by atoms with Crippen LogP contribution >= 0.6 is 23.2 Å². The standard InChI is InChI=1S/C14H12Cl2N2O2/c15-11-6-9(7-12(16)14(11)17)18-13(20)5-8-1-3-10(19)4-2-8/h1-4,6-7,19H,5,17H2,(H,18,20). The maximum atomic E-state index is 11.9. The number of nitrogens with one attached hydrogen (secondary N) is 1. The third-order valence-corrected chi connectivity index (χ3v) is 3.29. The number of amides is 1. The molecule has 0 spiro atoms. The zero-order valence-electron chi connectivity index (χ0n) is 10.4. The molecule has 0 saturated heterocycles. The minimum Gasteiger partial charge on any atom is -0.508 e. The van der Waals surface area contributed by atoms with Crippen molar-refractivity contribution in [3.05, 3.63) is 52.0 Å². The smallest absolute Gasteiger partial charge is 0.228 e. The molecule has 0 aliphatic rings. The van der Waals surface area contributed by atoms with E-state index in [1.165, 1.54) is 24.3 Å². The summed E-state index contributed by atoms with van der Waals surface area (Å²) in [5.41, 5.74) is 7.17. The SMILES string of the molecule is Nc1c(Cl)cc(NC(=O)Cc2ccc(O)cc2)cc1Cl. The highest BCUT2D eigenvalue weighted by Gasteiger charge is 2.08. The lowest BCUT2D eigenvalue weighted by Crippen LogP contribution is -2.14. The van der Waals surface area contributed by atoms with Gasteiger partial charge in [0, 0.05) is 5.69 Å². The molecule has 0 fully saturated rings. The number of rotatable bonds is 3. The van der Waals surface area contributed by atoms with Crippen LogP contribution < -0.4 is 11.1 Å². The largest absolute Gasteiger partial charge is 0.508 e. The van der Waals surface area contributed by atoms with E-state index in [9.17, 15) is 9.90 Å². The van der Waals surface area contributed by atoms with Crippen molar-refractivity contribution in [3.8, 4) is 5.75 Å². The van der Waals surface area contributed by atoms with E-state index < -0.39 is 0 Å². The predicted molar refractivity (Wildman–Crippen MR) is 81.3 cm³/mol. The first-order valence-corrected chi connectivity index (χ1v) is 6.53. The number of benzene rings is 2. The van der Waals surface area contributed by atoms with Gasteiger partial charge in [-0.15, -0.1) is 0 Å². The van der Waals surface area contributed by atoms with Crippen molar-refractivity contribution >= 4 is 40.5 Å². The molecule has 0 aliphatic heterocycles. The Labute approximate surface area is 126 Å². The van der Waals surface area contributed by atoms with Crippen LogP contribution in [-0.4, -0.2) is 11.0 Å². The highest BCUT2D eigenvalue weighted by molar-refractivity contribution is 6.39. The number of nitrogen functional groups attached to an aromatic ring is 1. The van der Waals surface area contributed by atoms with Crippen molar-refractivity contribution in [1.82, 2.24) is 0 Å². The highest BCUT2D eigenvalue weighted by Crippen LogP contribution is 2.31. The molecule has 4 nitrogen and oxygen atoms in total. The van der Waals surface area contributed by atoms with E-state index in [0.29, 0.717) is 5.69 Å². The highest BCUT2D eigenvalue weighted by atomic mass is 35.5. The maximum absolute atomic E-state index is 11.9. The molecule has 0 aliphatic carbocycles. The van der Waals surface area contributed by atoms with Gasteiger partial charge in [0.1, 0.15) is 5.75 Å². The predicted octanol–water partition coefficient (Wildman–Crippen LogP) is 3.46. The number of anilines is 2. The maximum Gasteiger partial charge on any atom is 0.228 e. The van der Waals surface area contributed by atoms with E-state index in [1.54, 1.807) is 12.1 Å². The minimum atomic E-state index is -0.215. The van der Waals surface area contributed by atoms with E-state index >= 15 is 0 Å². The Morgan fingerprint density at radius 1 is 1.15 bits per heavy atom. The molecular formula is C14H12Cl2N2O2. The van der Waals surface area contributed by atoms with Gasteiger partial charge in [0.2, 0.25) is 5.91 Å². The molecule has 6 heteroatoms. The summed E-state index contributed by atoms with van der Waals surface area (Å²) < 4.78 is 0. The first kappa shape index (κ1) is 14.5. The number of hydrogen-bond donors (Lipinski definition) is 3. The first-order valence-electron chi connectivity index (χ1n) is 5.78. The molecule has 2 rings (SSSR count). The molecule has 0 saturated carbocycles. The molecule has 0 heterocycles. The van der Waals surface area contributed by atoms with Crippen LogP contribution in [0.1, 0.15) is 5.56 Å². The molecule has 104 valence electrons. The van der Waals surface area contributed by atoms with Crippen LogP contribution in [0.3, 0.4) is 0 Å². The van der Waals surface area contributed by atoms with Crippen LogP contribution in [0, 0.1) is 0 Å². The lowest BCUT2D eigenvalue weighted by Gasteiger charge is -2.08. The Morgan fingerprint density at radius 3 is 2.25 bits per heavy atom. The summed E-state index contributed by atoms with van der Waals surface area (Å²) in [6.45, 7) is 0. The van der Waals surface area contributed by atoms with Crippen LogP contribution in [0.4, 0.5) is 11.4 Å². The fourth-order valence-corrected chi connectivity index (χ4v) is 2.15. The van der Waals surface area contributed by atoms with Crippen LogP contribution in [0.5, 0.6) is 5.75 Å². The third-order valence-electron chi connectivity index (χ3n) is 2.66. The van der Waals surface area contributed by atoms with Gasteiger partial charge in [-0.05, 0) is 29.8 Å². The topological polar surface area (TPSA) is 75.3 Å². The lowest BCUT2D eigenvalue weighted by molar-refractivity contribution is -0.115. The summed E-state index contributed by atoms with van der Waals surface area (Å²) in [5, 5.41) is 12.4. The Hall–Kier alpha value is -1.91. The van der Waals surface area contributed by atoms with Gasteiger partial charge in [-0.2, -0.15) is 0 Å². The summed E-state index contributed by atoms with van der Waals surface area (Å²) in [6, 6.07) is 9.49. The van der Waals surface area contributed by atoms with E-state index in [2.05, 4.69) is 5.32 Å². The molecule has 0 aromatic heterocycles. The van der Waals surface area contributed by atoms with E-state index in [4.69, 9.17) is 28.9 Å². The normalized spacial score (nSPS) is 10.3. The summed E-state index contributed by atoms with van der Waals surface area (Å²) in [5.74, 6) is -0.0566. The van der Waals surface area contributed by atoms with Gasteiger partial charge in [0.05, 0.1) is 22.2 Å². The Bertz CT molecular complexity index is 619. The summed E-state index contributed by atoms with van der Waals surface area (Å²) >= 11 is 11.8. The quantitative estimate of drug-likeness (QED) is 0.760. The number of carbonyl (C=O) groups is 1. The van der Waals surface area contributed by atoms with E-state index in [1.807, 2.05) is 0 Å². The van der Waals surface area contributed by atoms with Crippen molar-refractivity contribution < 1.29 is 9.90 Å². The molecule has 1 amide bonds. The number of hydrogen-bond acceptors (Lipinski definition) is 3. The van der Waals surface area contributed by atoms with Crippen LogP contribution in [0.2, 0.25) is 10.0 Å². The van der Waals surface area contributed by atoms with Crippen molar-refractivity contribution in [2.75, 3.05) is 11.1 Å². The molecule has 2 aromatic rings. The van der Waals surface area contributed by atoms with Crippen molar-refractivity contribution in [1.29, 1.82) is 0 Å². The number of phenolic OH excluding ortho intramolecular Hbond substituents is 1. The van der Waals surface area contributed by atoms with Gasteiger partial charge in [0.25, 0.3) is 0 Å². The Kier molecular flexibility index (Phi) is 4.37. The van der Waals surface area contributed by atoms with Crippen LogP contribution in [0.15, 0.2) is 36.4 Å². The molecule has 4 N–H and O–H groups in total. The zero-order chi connectivity index (χ0) is 14.7. The Balaban J connectivity index is 2.06. The van der Waals surface area contributed by atoms with Crippen molar-refractivity contribution in [3.63, 3.8) is 0 Å².